The van der Waals surface area contributed by atoms with Gasteiger partial charge in [-0.1, -0.05) is 127 Å². The maximum absolute atomic E-state index is 3.76. The van der Waals surface area contributed by atoms with Crippen molar-refractivity contribution in [2.75, 3.05) is 5.32 Å². The highest BCUT2D eigenvalue weighted by atomic mass is 14.9. The highest BCUT2D eigenvalue weighted by Gasteiger charge is 2.13. The molecule has 0 unspecified atom stereocenters. The van der Waals surface area contributed by atoms with Gasteiger partial charge in [-0.2, -0.15) is 0 Å². The van der Waals surface area contributed by atoms with Crippen LogP contribution in [0, 0.1) is 0 Å². The molecule has 0 saturated heterocycles. The van der Waals surface area contributed by atoms with Gasteiger partial charge in [-0.25, -0.2) is 0 Å². The lowest BCUT2D eigenvalue weighted by Gasteiger charge is -2.17. The number of nitrogens with one attached hydrogen (secondary N) is 1. The molecule has 7 aromatic carbocycles. The Morgan fingerprint density at radius 2 is 0.892 bits per heavy atom. The average Bonchev–Trinajstić information content (AvgIpc) is 2.97. The fourth-order valence-corrected chi connectivity index (χ4v) is 5.54. The highest BCUT2D eigenvalue weighted by molar-refractivity contribution is 6.17. The van der Waals surface area contributed by atoms with Crippen LogP contribution in [0.15, 0.2) is 146 Å². The molecule has 174 valence electrons. The van der Waals surface area contributed by atoms with Gasteiger partial charge in [0.1, 0.15) is 0 Å². The first kappa shape index (κ1) is 21.4. The molecule has 0 amide bonds. The van der Waals surface area contributed by atoms with Gasteiger partial charge < -0.3 is 5.32 Å². The number of para-hydroxylation sites is 1. The van der Waals surface area contributed by atoms with Gasteiger partial charge >= 0.3 is 0 Å². The molecule has 0 saturated carbocycles. The molecule has 0 aromatic heterocycles. The number of benzene rings is 7. The van der Waals surface area contributed by atoms with Crippen molar-refractivity contribution in [3.8, 4) is 22.3 Å². The summed E-state index contributed by atoms with van der Waals surface area (Å²) in [6, 6.07) is 52.1. The Balaban J connectivity index is 1.41. The summed E-state index contributed by atoms with van der Waals surface area (Å²) in [6.07, 6.45) is 0. The molecule has 0 spiro atoms. The van der Waals surface area contributed by atoms with Crippen LogP contribution in [0.1, 0.15) is 0 Å². The van der Waals surface area contributed by atoms with Gasteiger partial charge in [0, 0.05) is 22.3 Å². The summed E-state index contributed by atoms with van der Waals surface area (Å²) in [5, 5.41) is 11.3. The van der Waals surface area contributed by atoms with Crippen LogP contribution in [0.2, 0.25) is 0 Å². The molecule has 0 heterocycles. The number of hydrogen-bond acceptors (Lipinski definition) is 1. The first-order valence-corrected chi connectivity index (χ1v) is 12.7. The number of hydrogen-bond donors (Lipinski definition) is 1. The van der Waals surface area contributed by atoms with E-state index in [0.717, 1.165) is 11.4 Å². The first-order valence-electron chi connectivity index (χ1n) is 12.7. The van der Waals surface area contributed by atoms with E-state index in [1.54, 1.807) is 0 Å². The van der Waals surface area contributed by atoms with E-state index in [1.807, 2.05) is 0 Å². The zero-order chi connectivity index (χ0) is 24.6. The summed E-state index contributed by atoms with van der Waals surface area (Å²) in [4.78, 5) is 0. The second kappa shape index (κ2) is 8.96. The molecule has 37 heavy (non-hydrogen) atoms. The molecule has 0 radical (unpaired) electrons. The summed E-state index contributed by atoms with van der Waals surface area (Å²) < 4.78 is 0. The molecule has 0 bridgehead atoms. The summed E-state index contributed by atoms with van der Waals surface area (Å²) in [6.45, 7) is 0. The van der Waals surface area contributed by atoms with Crippen molar-refractivity contribution in [2.45, 2.75) is 0 Å². The molecule has 0 fully saturated rings. The van der Waals surface area contributed by atoms with Crippen molar-refractivity contribution in [1.29, 1.82) is 0 Å². The monoisotopic (exact) mass is 471 g/mol. The molecule has 0 aliphatic heterocycles. The predicted molar refractivity (Wildman–Crippen MR) is 160 cm³/mol. The topological polar surface area (TPSA) is 12.0 Å². The van der Waals surface area contributed by atoms with Crippen LogP contribution in [-0.4, -0.2) is 0 Å². The van der Waals surface area contributed by atoms with E-state index in [2.05, 4.69) is 151 Å². The van der Waals surface area contributed by atoms with Crippen molar-refractivity contribution in [2.24, 2.45) is 0 Å². The van der Waals surface area contributed by atoms with Crippen molar-refractivity contribution < 1.29 is 0 Å². The lowest BCUT2D eigenvalue weighted by molar-refractivity contribution is 1.55. The summed E-state index contributed by atoms with van der Waals surface area (Å²) in [5.41, 5.74) is 7.11. The van der Waals surface area contributed by atoms with Crippen molar-refractivity contribution >= 4 is 43.7 Å². The van der Waals surface area contributed by atoms with Gasteiger partial charge in [0.15, 0.2) is 0 Å². The third kappa shape index (κ3) is 3.73. The lowest BCUT2D eigenvalue weighted by atomic mass is 9.90. The summed E-state index contributed by atoms with van der Waals surface area (Å²) in [5.74, 6) is 0. The fourth-order valence-electron chi connectivity index (χ4n) is 5.54. The summed E-state index contributed by atoms with van der Waals surface area (Å²) >= 11 is 0. The normalized spacial score (nSPS) is 11.2. The van der Waals surface area contributed by atoms with Gasteiger partial charge in [-0.3, -0.25) is 0 Å². The highest BCUT2D eigenvalue weighted by Crippen LogP contribution is 2.40. The Hall–Kier alpha value is -4.88. The van der Waals surface area contributed by atoms with Crippen LogP contribution >= 0.6 is 0 Å². The third-order valence-electron chi connectivity index (χ3n) is 7.26. The van der Waals surface area contributed by atoms with E-state index in [1.165, 1.54) is 54.6 Å². The minimum Gasteiger partial charge on any atom is -0.355 e. The van der Waals surface area contributed by atoms with Crippen molar-refractivity contribution in [3.63, 3.8) is 0 Å². The maximum Gasteiger partial charge on any atom is 0.0464 e. The van der Waals surface area contributed by atoms with Crippen LogP contribution in [0.5, 0.6) is 0 Å². The second-order valence-corrected chi connectivity index (χ2v) is 9.43. The number of rotatable bonds is 4. The molecule has 1 nitrogen and oxygen atoms in total. The fraction of sp³-hybridized carbons (Fsp3) is 0. The van der Waals surface area contributed by atoms with Crippen molar-refractivity contribution in [3.05, 3.63) is 146 Å². The molecule has 1 N–H and O–H groups in total. The first-order chi connectivity index (χ1) is 18.4. The van der Waals surface area contributed by atoms with E-state index in [9.17, 15) is 0 Å². The quantitative estimate of drug-likeness (QED) is 0.252. The Labute approximate surface area is 216 Å². The van der Waals surface area contributed by atoms with Crippen LogP contribution in [0.4, 0.5) is 11.4 Å². The van der Waals surface area contributed by atoms with Gasteiger partial charge in [0.05, 0.1) is 0 Å². The standard InChI is InChI=1S/C36H25N/c1-2-12-25(13-3-1)28-16-8-9-22-35(28)37-36-23-11-20-30-32(19-10-21-33(30)36)34-24-26-14-4-5-15-27(26)29-17-6-7-18-31(29)34/h1-24,37H. The van der Waals surface area contributed by atoms with E-state index in [0.29, 0.717) is 0 Å². The largest absolute Gasteiger partial charge is 0.355 e. The Morgan fingerprint density at radius 1 is 0.324 bits per heavy atom. The number of fused-ring (bicyclic) bond motifs is 4. The molecular weight excluding hydrogens is 446 g/mol. The summed E-state index contributed by atoms with van der Waals surface area (Å²) in [7, 11) is 0. The minimum absolute atomic E-state index is 1.10. The third-order valence-corrected chi connectivity index (χ3v) is 7.26. The van der Waals surface area contributed by atoms with Crippen LogP contribution in [0.3, 0.4) is 0 Å². The molecule has 0 atom stereocenters. The van der Waals surface area contributed by atoms with Crippen LogP contribution in [0.25, 0.3) is 54.6 Å². The number of anilines is 2. The molecule has 0 aliphatic rings. The van der Waals surface area contributed by atoms with Gasteiger partial charge in [0.25, 0.3) is 0 Å². The van der Waals surface area contributed by atoms with Gasteiger partial charge in [0.2, 0.25) is 0 Å². The smallest absolute Gasteiger partial charge is 0.0464 e. The zero-order valence-corrected chi connectivity index (χ0v) is 20.4. The Morgan fingerprint density at radius 3 is 1.78 bits per heavy atom. The van der Waals surface area contributed by atoms with E-state index >= 15 is 0 Å². The Bertz CT molecular complexity index is 1900. The van der Waals surface area contributed by atoms with E-state index in [4.69, 9.17) is 0 Å². The molecule has 7 aromatic rings. The van der Waals surface area contributed by atoms with Gasteiger partial charge in [-0.15, -0.1) is 0 Å². The van der Waals surface area contributed by atoms with Gasteiger partial charge in [-0.05, 0) is 61.8 Å². The second-order valence-electron chi connectivity index (χ2n) is 9.43. The predicted octanol–water partition coefficient (Wildman–Crippen LogP) is 10.2. The van der Waals surface area contributed by atoms with E-state index < -0.39 is 0 Å². The maximum atomic E-state index is 3.76. The average molecular weight is 472 g/mol. The SMILES string of the molecule is c1ccc(-c2ccccc2Nc2cccc3c(-c4cc5ccccc5c5ccccc45)cccc23)cc1. The molecule has 0 aliphatic carbocycles. The molecule has 7 rings (SSSR count). The minimum atomic E-state index is 1.10. The lowest BCUT2D eigenvalue weighted by Crippen LogP contribution is -1.95. The van der Waals surface area contributed by atoms with E-state index in [-0.39, 0.29) is 0 Å². The van der Waals surface area contributed by atoms with Crippen LogP contribution in [-0.2, 0) is 0 Å². The Kier molecular flexibility index (Phi) is 5.19. The zero-order valence-electron chi connectivity index (χ0n) is 20.4. The van der Waals surface area contributed by atoms with Crippen LogP contribution < -0.4 is 5.32 Å². The molecule has 1 heteroatoms. The van der Waals surface area contributed by atoms with Crippen molar-refractivity contribution in [1.82, 2.24) is 0 Å². The molecular formula is C36H25N.